The molecule has 1 unspecified atom stereocenters. The van der Waals surface area contributed by atoms with Gasteiger partial charge in [-0.15, -0.1) is 0 Å². The maximum Gasteiger partial charge on any atom is 0.254 e. The highest BCUT2D eigenvalue weighted by atomic mass is 16.2. The smallest absolute Gasteiger partial charge is 0.254 e. The van der Waals surface area contributed by atoms with Gasteiger partial charge in [0.25, 0.3) is 5.91 Å². The summed E-state index contributed by atoms with van der Waals surface area (Å²) in [5.41, 5.74) is 15.6. The van der Waals surface area contributed by atoms with Gasteiger partial charge in [-0.2, -0.15) is 0 Å². The fourth-order valence-corrected chi connectivity index (χ4v) is 3.06. The van der Waals surface area contributed by atoms with Crippen LogP contribution in [-0.4, -0.2) is 21.9 Å². The van der Waals surface area contributed by atoms with E-state index in [4.69, 9.17) is 11.5 Å². The molecule has 0 radical (unpaired) electrons. The molecule has 1 atom stereocenters. The van der Waals surface area contributed by atoms with Crippen molar-refractivity contribution in [3.05, 3.63) is 47.3 Å². The van der Waals surface area contributed by atoms with Crippen LogP contribution in [0.1, 0.15) is 34.7 Å². The fraction of sp³-hybridized carbons (Fsp3) is 0.312. The highest BCUT2D eigenvalue weighted by molar-refractivity contribution is 5.96. The third kappa shape index (κ3) is 2.24. The molecule has 1 amide bonds. The Morgan fingerprint density at radius 2 is 1.81 bits per heavy atom. The zero-order valence-electron chi connectivity index (χ0n) is 12.3. The maximum atomic E-state index is 12.7. The number of benzene rings is 1. The van der Waals surface area contributed by atoms with Gasteiger partial charge in [0.1, 0.15) is 0 Å². The second kappa shape index (κ2) is 4.84. The van der Waals surface area contributed by atoms with Crippen molar-refractivity contribution in [3.63, 3.8) is 0 Å². The lowest BCUT2D eigenvalue weighted by Gasteiger charge is -2.35. The highest BCUT2D eigenvalue weighted by Gasteiger charge is 2.29. The molecule has 1 aromatic heterocycles. The van der Waals surface area contributed by atoms with Crippen LogP contribution in [0, 0.1) is 6.92 Å². The van der Waals surface area contributed by atoms with Crippen LogP contribution in [0.4, 0.5) is 11.4 Å². The van der Waals surface area contributed by atoms with Crippen LogP contribution in [0.5, 0.6) is 0 Å². The monoisotopic (exact) mass is 284 g/mol. The Labute approximate surface area is 124 Å². The predicted octanol–water partition coefficient (Wildman–Crippen LogP) is 2.18. The largest absolute Gasteiger partial charge is 0.399 e. The molecule has 110 valence electrons. The minimum absolute atomic E-state index is 0.0217. The van der Waals surface area contributed by atoms with Crippen molar-refractivity contribution < 1.29 is 4.79 Å². The van der Waals surface area contributed by atoms with Gasteiger partial charge in [0.2, 0.25) is 0 Å². The molecule has 0 fully saturated rings. The molecule has 5 heteroatoms. The van der Waals surface area contributed by atoms with Crippen molar-refractivity contribution in [1.82, 2.24) is 9.47 Å². The van der Waals surface area contributed by atoms with E-state index in [0.29, 0.717) is 23.5 Å². The van der Waals surface area contributed by atoms with Gasteiger partial charge < -0.3 is 20.9 Å². The zero-order chi connectivity index (χ0) is 15.1. The Hall–Kier alpha value is -2.43. The second-order valence-electron chi connectivity index (χ2n) is 5.61. The van der Waals surface area contributed by atoms with Crippen LogP contribution in [0.15, 0.2) is 30.3 Å². The number of hydrogen-bond acceptors (Lipinski definition) is 3. The first-order chi connectivity index (χ1) is 9.97. The molecule has 0 bridgehead atoms. The summed E-state index contributed by atoms with van der Waals surface area (Å²) >= 11 is 0. The van der Waals surface area contributed by atoms with Crippen LogP contribution >= 0.6 is 0 Å². The summed E-state index contributed by atoms with van der Waals surface area (Å²) in [5, 5.41) is 0. The lowest BCUT2D eigenvalue weighted by Crippen LogP contribution is -2.41. The Balaban J connectivity index is 1.92. The third-order valence-electron chi connectivity index (χ3n) is 4.18. The van der Waals surface area contributed by atoms with Crippen LogP contribution in [0.3, 0.4) is 0 Å². The van der Waals surface area contributed by atoms with E-state index in [1.807, 2.05) is 4.90 Å². The molecule has 0 saturated carbocycles. The van der Waals surface area contributed by atoms with Crippen molar-refractivity contribution >= 4 is 17.3 Å². The average molecular weight is 284 g/mol. The molecular formula is C16H20N4O. The summed E-state index contributed by atoms with van der Waals surface area (Å²) < 4.78 is 2.27. The van der Waals surface area contributed by atoms with Crippen LogP contribution in [0.25, 0.3) is 0 Å². The SMILES string of the molecule is Cc1ccc2n1CCN(C(=O)c1cc(N)cc(N)c1)C2C. The van der Waals surface area contributed by atoms with Gasteiger partial charge >= 0.3 is 0 Å². The molecule has 1 aromatic carbocycles. The summed E-state index contributed by atoms with van der Waals surface area (Å²) in [6, 6.07) is 9.26. The number of carbonyl (C=O) groups excluding carboxylic acids is 1. The van der Waals surface area contributed by atoms with E-state index in [2.05, 4.69) is 30.5 Å². The van der Waals surface area contributed by atoms with Gasteiger partial charge in [-0.1, -0.05) is 0 Å². The molecule has 2 heterocycles. The number of aryl methyl sites for hydroxylation is 1. The van der Waals surface area contributed by atoms with Crippen molar-refractivity contribution in [2.75, 3.05) is 18.0 Å². The van der Waals surface area contributed by atoms with Crippen LogP contribution in [-0.2, 0) is 6.54 Å². The molecule has 0 saturated heterocycles. The topological polar surface area (TPSA) is 77.3 Å². The summed E-state index contributed by atoms with van der Waals surface area (Å²) in [7, 11) is 0. The summed E-state index contributed by atoms with van der Waals surface area (Å²) in [6.45, 7) is 5.66. The minimum atomic E-state index is -0.0217. The van der Waals surface area contributed by atoms with E-state index in [0.717, 1.165) is 6.54 Å². The number of anilines is 2. The van der Waals surface area contributed by atoms with Gasteiger partial charge in [-0.3, -0.25) is 4.79 Å². The first kappa shape index (κ1) is 13.5. The number of nitrogens with two attached hydrogens (primary N) is 2. The lowest BCUT2D eigenvalue weighted by molar-refractivity contribution is 0.0643. The summed E-state index contributed by atoms with van der Waals surface area (Å²) in [6.07, 6.45) is 0. The molecule has 3 rings (SSSR count). The van der Waals surface area contributed by atoms with E-state index >= 15 is 0 Å². The number of amides is 1. The Kier molecular flexibility index (Phi) is 3.12. The van der Waals surface area contributed by atoms with Crippen molar-refractivity contribution in [2.45, 2.75) is 26.4 Å². The Morgan fingerprint density at radius 3 is 2.48 bits per heavy atom. The van der Waals surface area contributed by atoms with E-state index in [1.165, 1.54) is 11.4 Å². The second-order valence-corrected chi connectivity index (χ2v) is 5.61. The maximum absolute atomic E-state index is 12.7. The molecule has 2 aromatic rings. The van der Waals surface area contributed by atoms with E-state index in [9.17, 15) is 4.79 Å². The molecule has 4 N–H and O–H groups in total. The van der Waals surface area contributed by atoms with Crippen LogP contribution in [0.2, 0.25) is 0 Å². The Morgan fingerprint density at radius 1 is 1.14 bits per heavy atom. The lowest BCUT2D eigenvalue weighted by atomic mass is 10.1. The average Bonchev–Trinajstić information content (AvgIpc) is 2.80. The minimum Gasteiger partial charge on any atom is -0.399 e. The number of nitrogens with zero attached hydrogens (tertiary/aromatic N) is 2. The molecule has 21 heavy (non-hydrogen) atoms. The molecule has 1 aliphatic rings. The quantitative estimate of drug-likeness (QED) is 0.788. The van der Waals surface area contributed by atoms with Crippen LogP contribution < -0.4 is 11.5 Å². The van der Waals surface area contributed by atoms with Gasteiger partial charge in [-0.05, 0) is 44.2 Å². The predicted molar refractivity (Wildman–Crippen MR) is 83.9 cm³/mol. The van der Waals surface area contributed by atoms with Crippen molar-refractivity contribution in [1.29, 1.82) is 0 Å². The van der Waals surface area contributed by atoms with Crippen molar-refractivity contribution in [2.24, 2.45) is 0 Å². The molecule has 5 nitrogen and oxygen atoms in total. The van der Waals surface area contributed by atoms with Gasteiger partial charge in [0.15, 0.2) is 0 Å². The van der Waals surface area contributed by atoms with Gasteiger partial charge in [0, 0.05) is 41.4 Å². The Bertz CT molecular complexity index is 684. The first-order valence-corrected chi connectivity index (χ1v) is 7.10. The van der Waals surface area contributed by atoms with Gasteiger partial charge in [0.05, 0.1) is 6.04 Å². The van der Waals surface area contributed by atoms with E-state index < -0.39 is 0 Å². The number of carbonyl (C=O) groups is 1. The molecule has 0 aliphatic carbocycles. The highest BCUT2D eigenvalue weighted by Crippen LogP contribution is 2.29. The van der Waals surface area contributed by atoms with Gasteiger partial charge in [-0.25, -0.2) is 0 Å². The zero-order valence-corrected chi connectivity index (χ0v) is 12.3. The standard InChI is InChI=1S/C16H20N4O/c1-10-3-4-15-11(2)20(6-5-19(10)15)16(21)12-7-13(17)9-14(18)8-12/h3-4,7-9,11H,5-6,17-18H2,1-2H3. The summed E-state index contributed by atoms with van der Waals surface area (Å²) in [5.74, 6) is -0.0217. The third-order valence-corrected chi connectivity index (χ3v) is 4.18. The number of hydrogen-bond donors (Lipinski definition) is 2. The first-order valence-electron chi connectivity index (χ1n) is 7.10. The number of aromatic nitrogens is 1. The van der Waals surface area contributed by atoms with Crippen molar-refractivity contribution in [3.8, 4) is 0 Å². The molecule has 1 aliphatic heterocycles. The number of nitrogen functional groups attached to an aromatic ring is 2. The fourth-order valence-electron chi connectivity index (χ4n) is 3.06. The summed E-state index contributed by atoms with van der Waals surface area (Å²) in [4.78, 5) is 14.6. The number of fused-ring (bicyclic) bond motifs is 1. The van der Waals surface area contributed by atoms with E-state index in [-0.39, 0.29) is 11.9 Å². The molecular weight excluding hydrogens is 264 g/mol. The molecule has 0 spiro atoms. The number of rotatable bonds is 1. The normalized spacial score (nSPS) is 17.6. The van der Waals surface area contributed by atoms with E-state index in [1.54, 1.807) is 18.2 Å².